The molecule has 2 aromatic rings. The van der Waals surface area contributed by atoms with Crippen LogP contribution in [0.4, 0.5) is 13.2 Å². The van der Waals surface area contributed by atoms with Crippen molar-refractivity contribution in [3.8, 4) is 0 Å². The summed E-state index contributed by atoms with van der Waals surface area (Å²) in [7, 11) is 0. The minimum atomic E-state index is -1.45. The highest BCUT2D eigenvalue weighted by atomic mass is 19.2. The van der Waals surface area contributed by atoms with Crippen molar-refractivity contribution in [1.82, 2.24) is 15.5 Å². The van der Waals surface area contributed by atoms with Gasteiger partial charge in [-0.3, -0.25) is 0 Å². The smallest absolute Gasteiger partial charge is 0.227 e. The molecule has 1 aromatic heterocycles. The lowest BCUT2D eigenvalue weighted by molar-refractivity contribution is 0.374. The van der Waals surface area contributed by atoms with E-state index >= 15 is 0 Å². The number of nitrogens with zero attached hydrogens (tertiary/aromatic N) is 2. The molecule has 4 nitrogen and oxygen atoms in total. The van der Waals surface area contributed by atoms with Gasteiger partial charge in [-0.2, -0.15) is 4.98 Å². The topological polar surface area (TPSA) is 51.0 Å². The van der Waals surface area contributed by atoms with E-state index in [4.69, 9.17) is 4.52 Å². The van der Waals surface area contributed by atoms with E-state index in [1.54, 1.807) is 0 Å². The molecule has 0 aliphatic heterocycles. The van der Waals surface area contributed by atoms with Gasteiger partial charge in [-0.05, 0) is 17.7 Å². The highest BCUT2D eigenvalue weighted by Gasteiger charge is 2.10. The summed E-state index contributed by atoms with van der Waals surface area (Å²) in [5.41, 5.74) is 0.330. The molecule has 1 N–H and O–H groups in total. The average molecular weight is 257 g/mol. The number of hydrogen-bond acceptors (Lipinski definition) is 4. The van der Waals surface area contributed by atoms with Gasteiger partial charge in [-0.15, -0.1) is 0 Å². The molecule has 96 valence electrons. The lowest BCUT2D eigenvalue weighted by atomic mass is 10.2. The Morgan fingerprint density at radius 1 is 1.17 bits per heavy atom. The molecular formula is C11H10F3N3O. The molecule has 0 aliphatic carbocycles. The predicted octanol–water partition coefficient (Wildman–Crippen LogP) is 1.82. The quantitative estimate of drug-likeness (QED) is 0.655. The van der Waals surface area contributed by atoms with Crippen LogP contribution in [-0.2, 0) is 13.0 Å². The summed E-state index contributed by atoms with van der Waals surface area (Å²) in [4.78, 5) is 3.81. The molecule has 0 radical (unpaired) electrons. The minimum Gasteiger partial charge on any atom is -0.340 e. The number of hydrogen-bond donors (Lipinski definition) is 1. The molecule has 0 atom stereocenters. The molecule has 1 heterocycles. The standard InChI is InChI=1S/C11H10F3N3O/c12-8-3-7(4-9(13)11(8)14)5-15-2-1-10-16-6-17-18-10/h3-4,6,15H,1-2,5H2. The van der Waals surface area contributed by atoms with E-state index in [2.05, 4.69) is 15.5 Å². The van der Waals surface area contributed by atoms with Crippen LogP contribution >= 0.6 is 0 Å². The van der Waals surface area contributed by atoms with Crippen LogP contribution in [0.1, 0.15) is 11.5 Å². The molecule has 7 heteroatoms. The molecule has 0 spiro atoms. The Labute approximate surface area is 101 Å². The zero-order chi connectivity index (χ0) is 13.0. The summed E-state index contributed by atoms with van der Waals surface area (Å²) in [5, 5.41) is 6.37. The van der Waals surface area contributed by atoms with Gasteiger partial charge in [0, 0.05) is 19.5 Å². The lowest BCUT2D eigenvalue weighted by Crippen LogP contribution is -2.17. The summed E-state index contributed by atoms with van der Waals surface area (Å²) < 4.78 is 43.2. The maximum Gasteiger partial charge on any atom is 0.227 e. The van der Waals surface area contributed by atoms with Crippen molar-refractivity contribution < 1.29 is 17.7 Å². The van der Waals surface area contributed by atoms with Crippen LogP contribution in [0.5, 0.6) is 0 Å². The molecule has 0 fully saturated rings. The molecule has 0 unspecified atom stereocenters. The fraction of sp³-hybridized carbons (Fsp3) is 0.273. The summed E-state index contributed by atoms with van der Waals surface area (Å²) in [6, 6.07) is 1.91. The van der Waals surface area contributed by atoms with E-state index in [0.717, 1.165) is 12.1 Å². The van der Waals surface area contributed by atoms with Gasteiger partial charge < -0.3 is 9.84 Å². The van der Waals surface area contributed by atoms with Crippen LogP contribution in [0, 0.1) is 17.5 Å². The second-order valence-electron chi connectivity index (χ2n) is 3.64. The van der Waals surface area contributed by atoms with Gasteiger partial charge in [0.1, 0.15) is 0 Å². The first-order valence-electron chi connectivity index (χ1n) is 5.26. The molecule has 0 saturated carbocycles. The number of rotatable bonds is 5. The van der Waals surface area contributed by atoms with E-state index in [1.807, 2.05) is 0 Å². The number of halogens is 3. The van der Waals surface area contributed by atoms with Crippen molar-refractivity contribution in [1.29, 1.82) is 0 Å². The first-order chi connectivity index (χ1) is 8.66. The van der Waals surface area contributed by atoms with Gasteiger partial charge in [0.25, 0.3) is 0 Å². The Kier molecular flexibility index (Phi) is 3.93. The fourth-order valence-corrected chi connectivity index (χ4v) is 1.44. The van der Waals surface area contributed by atoms with Crippen molar-refractivity contribution >= 4 is 0 Å². The minimum absolute atomic E-state index is 0.224. The van der Waals surface area contributed by atoms with Crippen molar-refractivity contribution in [2.45, 2.75) is 13.0 Å². The van der Waals surface area contributed by atoms with Crippen LogP contribution < -0.4 is 5.32 Å². The number of benzene rings is 1. The highest BCUT2D eigenvalue weighted by molar-refractivity contribution is 5.19. The normalized spacial score (nSPS) is 10.8. The maximum atomic E-state index is 12.9. The van der Waals surface area contributed by atoms with Crippen LogP contribution in [0.15, 0.2) is 23.0 Å². The van der Waals surface area contributed by atoms with E-state index in [1.165, 1.54) is 6.33 Å². The monoisotopic (exact) mass is 257 g/mol. The maximum absolute atomic E-state index is 12.9. The second-order valence-corrected chi connectivity index (χ2v) is 3.64. The molecule has 0 saturated heterocycles. The molecule has 18 heavy (non-hydrogen) atoms. The summed E-state index contributed by atoms with van der Waals surface area (Å²) >= 11 is 0. The molecule has 0 amide bonds. The largest absolute Gasteiger partial charge is 0.340 e. The summed E-state index contributed by atoms with van der Waals surface area (Å²) in [5.74, 6) is -3.36. The molecular weight excluding hydrogens is 247 g/mol. The van der Waals surface area contributed by atoms with Crippen LogP contribution in [0.25, 0.3) is 0 Å². The highest BCUT2D eigenvalue weighted by Crippen LogP contribution is 2.13. The summed E-state index contributed by atoms with van der Waals surface area (Å²) in [6.07, 6.45) is 1.80. The zero-order valence-electron chi connectivity index (χ0n) is 9.29. The third-order valence-electron chi connectivity index (χ3n) is 2.30. The fourth-order valence-electron chi connectivity index (χ4n) is 1.44. The first kappa shape index (κ1) is 12.6. The molecule has 0 aliphatic rings. The van der Waals surface area contributed by atoms with Gasteiger partial charge >= 0.3 is 0 Å². The van der Waals surface area contributed by atoms with E-state index < -0.39 is 17.5 Å². The number of nitrogens with one attached hydrogen (secondary N) is 1. The third-order valence-corrected chi connectivity index (χ3v) is 2.30. The Morgan fingerprint density at radius 2 is 1.89 bits per heavy atom. The Morgan fingerprint density at radius 3 is 2.50 bits per heavy atom. The van der Waals surface area contributed by atoms with Gasteiger partial charge in [-0.25, -0.2) is 13.2 Å². The average Bonchev–Trinajstić information content (AvgIpc) is 2.84. The van der Waals surface area contributed by atoms with Gasteiger partial charge in [0.2, 0.25) is 5.89 Å². The molecule has 0 bridgehead atoms. The van der Waals surface area contributed by atoms with E-state index in [0.29, 0.717) is 24.4 Å². The van der Waals surface area contributed by atoms with Crippen molar-refractivity contribution in [3.63, 3.8) is 0 Å². The zero-order valence-corrected chi connectivity index (χ0v) is 9.29. The lowest BCUT2D eigenvalue weighted by Gasteiger charge is -2.04. The van der Waals surface area contributed by atoms with Gasteiger partial charge in [0.05, 0.1) is 0 Å². The van der Waals surface area contributed by atoms with Gasteiger partial charge in [-0.1, -0.05) is 5.16 Å². The number of aromatic nitrogens is 2. The van der Waals surface area contributed by atoms with Gasteiger partial charge in [0.15, 0.2) is 23.8 Å². The van der Waals surface area contributed by atoms with Crippen LogP contribution in [-0.4, -0.2) is 16.7 Å². The van der Waals surface area contributed by atoms with Crippen molar-refractivity contribution in [2.24, 2.45) is 0 Å². The van der Waals surface area contributed by atoms with Crippen molar-refractivity contribution in [3.05, 3.63) is 47.4 Å². The Bertz CT molecular complexity index is 493. The van der Waals surface area contributed by atoms with Crippen LogP contribution in [0.3, 0.4) is 0 Å². The van der Waals surface area contributed by atoms with E-state index in [9.17, 15) is 13.2 Å². The first-order valence-corrected chi connectivity index (χ1v) is 5.26. The van der Waals surface area contributed by atoms with Crippen LogP contribution in [0.2, 0.25) is 0 Å². The van der Waals surface area contributed by atoms with Crippen molar-refractivity contribution in [2.75, 3.05) is 6.54 Å². The third kappa shape index (κ3) is 3.07. The Balaban J connectivity index is 1.83. The second kappa shape index (κ2) is 5.63. The summed E-state index contributed by atoms with van der Waals surface area (Å²) in [6.45, 7) is 0.727. The SMILES string of the molecule is Fc1cc(CNCCc2ncno2)cc(F)c1F. The van der Waals surface area contributed by atoms with E-state index in [-0.39, 0.29) is 6.54 Å². The molecule has 2 rings (SSSR count). The Hall–Kier alpha value is -1.89. The molecule has 1 aromatic carbocycles. The predicted molar refractivity (Wildman–Crippen MR) is 56.0 cm³/mol.